The molecule has 3 heterocycles. The van der Waals surface area contributed by atoms with Crippen molar-refractivity contribution in [1.82, 2.24) is 29.5 Å². The van der Waals surface area contributed by atoms with Crippen LogP contribution in [0.5, 0.6) is 0 Å². The van der Waals surface area contributed by atoms with E-state index >= 15 is 0 Å². The van der Waals surface area contributed by atoms with Gasteiger partial charge < -0.3 is 14.8 Å². The lowest BCUT2D eigenvalue weighted by Gasteiger charge is -2.22. The van der Waals surface area contributed by atoms with Gasteiger partial charge in [-0.05, 0) is 35.9 Å². The number of pyridine rings is 1. The molecule has 7 nitrogen and oxygen atoms in total. The van der Waals surface area contributed by atoms with Crippen LogP contribution in [0.2, 0.25) is 0 Å². The van der Waals surface area contributed by atoms with Gasteiger partial charge in [0.1, 0.15) is 0 Å². The van der Waals surface area contributed by atoms with Crippen LogP contribution in [0.25, 0.3) is 5.82 Å². The van der Waals surface area contributed by atoms with Crippen LogP contribution < -0.4 is 5.32 Å². The summed E-state index contributed by atoms with van der Waals surface area (Å²) in [4.78, 5) is 10.8. The standard InChI is InChI=1S/C18H23N7.HI/c1-19-18(24(3)14-16-6-4-10-23(16)2)21-13-15-7-9-20-17(12-15)25-11-5-8-22-25;/h4-12H,13-14H2,1-3H3,(H,19,21);1H. The van der Waals surface area contributed by atoms with Crippen molar-refractivity contribution in [3.05, 3.63) is 66.4 Å². The van der Waals surface area contributed by atoms with E-state index in [2.05, 4.69) is 35.9 Å². The van der Waals surface area contributed by atoms with E-state index in [4.69, 9.17) is 0 Å². The predicted octanol–water partition coefficient (Wildman–Crippen LogP) is 2.43. The summed E-state index contributed by atoms with van der Waals surface area (Å²) in [6, 6.07) is 10.1. The number of guanidine groups is 1. The lowest BCUT2D eigenvalue weighted by Crippen LogP contribution is -2.38. The molecule has 0 bridgehead atoms. The molecule has 0 atom stereocenters. The molecule has 1 N–H and O–H groups in total. The molecule has 0 saturated carbocycles. The summed E-state index contributed by atoms with van der Waals surface area (Å²) in [7, 11) is 5.88. The van der Waals surface area contributed by atoms with Gasteiger partial charge in [-0.3, -0.25) is 4.99 Å². The molecule has 0 amide bonds. The average molecular weight is 465 g/mol. The van der Waals surface area contributed by atoms with Crippen LogP contribution in [0.1, 0.15) is 11.3 Å². The summed E-state index contributed by atoms with van der Waals surface area (Å²) < 4.78 is 3.86. The van der Waals surface area contributed by atoms with Crippen LogP contribution in [-0.4, -0.2) is 44.3 Å². The first kappa shape index (κ1) is 20.0. The van der Waals surface area contributed by atoms with Crippen LogP contribution in [0.4, 0.5) is 0 Å². The van der Waals surface area contributed by atoms with Gasteiger partial charge in [-0.15, -0.1) is 24.0 Å². The fraction of sp³-hybridized carbons (Fsp3) is 0.278. The van der Waals surface area contributed by atoms with Crippen LogP contribution in [0.3, 0.4) is 0 Å². The van der Waals surface area contributed by atoms with E-state index in [0.717, 1.165) is 23.9 Å². The molecule has 26 heavy (non-hydrogen) atoms. The number of rotatable bonds is 5. The normalized spacial score (nSPS) is 11.1. The smallest absolute Gasteiger partial charge is 0.194 e. The van der Waals surface area contributed by atoms with Gasteiger partial charge in [0.15, 0.2) is 11.8 Å². The Labute approximate surface area is 170 Å². The summed E-state index contributed by atoms with van der Waals surface area (Å²) in [5, 5.41) is 7.62. The third-order valence-electron chi connectivity index (χ3n) is 4.02. The van der Waals surface area contributed by atoms with Gasteiger partial charge in [-0.1, -0.05) is 0 Å². The third kappa shape index (κ3) is 4.84. The Balaban J connectivity index is 0.00000243. The summed E-state index contributed by atoms with van der Waals surface area (Å²) in [6.07, 6.45) is 7.47. The Morgan fingerprint density at radius 2 is 2.08 bits per heavy atom. The molecular weight excluding hydrogens is 441 g/mol. The van der Waals surface area contributed by atoms with Crippen molar-refractivity contribution in [3.63, 3.8) is 0 Å². The number of aliphatic imine (C=N–C) groups is 1. The molecule has 0 aliphatic heterocycles. The Morgan fingerprint density at radius 3 is 2.73 bits per heavy atom. The fourth-order valence-electron chi connectivity index (χ4n) is 2.64. The summed E-state index contributed by atoms with van der Waals surface area (Å²) in [6.45, 7) is 1.46. The van der Waals surface area contributed by atoms with Gasteiger partial charge in [0, 0.05) is 58.2 Å². The lowest BCUT2D eigenvalue weighted by molar-refractivity contribution is 0.461. The van der Waals surface area contributed by atoms with Gasteiger partial charge in [0.2, 0.25) is 0 Å². The molecule has 0 radical (unpaired) electrons. The Kier molecular flexibility index (Phi) is 7.19. The van der Waals surface area contributed by atoms with Gasteiger partial charge in [-0.25, -0.2) is 9.67 Å². The van der Waals surface area contributed by atoms with E-state index in [1.165, 1.54) is 5.69 Å². The highest BCUT2D eigenvalue weighted by Gasteiger charge is 2.08. The predicted molar refractivity (Wildman–Crippen MR) is 114 cm³/mol. The number of aromatic nitrogens is 4. The zero-order valence-electron chi connectivity index (χ0n) is 15.2. The summed E-state index contributed by atoms with van der Waals surface area (Å²) in [5.41, 5.74) is 2.35. The highest BCUT2D eigenvalue weighted by atomic mass is 127. The number of hydrogen-bond donors (Lipinski definition) is 1. The molecule has 3 aromatic rings. The third-order valence-corrected chi connectivity index (χ3v) is 4.02. The highest BCUT2D eigenvalue weighted by Crippen LogP contribution is 2.07. The van der Waals surface area contributed by atoms with E-state index in [1.807, 2.05) is 50.8 Å². The maximum absolute atomic E-state index is 4.37. The molecule has 8 heteroatoms. The van der Waals surface area contributed by atoms with Gasteiger partial charge in [0.05, 0.1) is 6.54 Å². The van der Waals surface area contributed by atoms with Gasteiger partial charge in [-0.2, -0.15) is 5.10 Å². The van der Waals surface area contributed by atoms with E-state index in [-0.39, 0.29) is 24.0 Å². The number of aryl methyl sites for hydroxylation is 1. The van der Waals surface area contributed by atoms with E-state index in [1.54, 1.807) is 24.1 Å². The molecule has 0 aliphatic rings. The van der Waals surface area contributed by atoms with Gasteiger partial charge >= 0.3 is 0 Å². The first-order valence-corrected chi connectivity index (χ1v) is 8.14. The maximum atomic E-state index is 4.37. The Hall–Kier alpha value is -2.36. The fourth-order valence-corrected chi connectivity index (χ4v) is 2.64. The molecule has 0 fully saturated rings. The van der Waals surface area contributed by atoms with Crippen molar-refractivity contribution in [2.24, 2.45) is 12.0 Å². The Morgan fingerprint density at radius 1 is 1.23 bits per heavy atom. The zero-order valence-corrected chi connectivity index (χ0v) is 17.5. The van der Waals surface area contributed by atoms with Crippen molar-refractivity contribution in [1.29, 1.82) is 0 Å². The molecule has 0 unspecified atom stereocenters. The minimum atomic E-state index is 0. The first-order valence-electron chi connectivity index (χ1n) is 8.14. The van der Waals surface area contributed by atoms with E-state index in [0.29, 0.717) is 6.54 Å². The van der Waals surface area contributed by atoms with Crippen LogP contribution in [0, 0.1) is 0 Å². The van der Waals surface area contributed by atoms with Crippen molar-refractivity contribution in [2.75, 3.05) is 14.1 Å². The quantitative estimate of drug-likeness (QED) is 0.357. The maximum Gasteiger partial charge on any atom is 0.194 e. The number of halogens is 1. The monoisotopic (exact) mass is 465 g/mol. The van der Waals surface area contributed by atoms with Crippen molar-refractivity contribution in [2.45, 2.75) is 13.1 Å². The van der Waals surface area contributed by atoms with E-state index < -0.39 is 0 Å². The highest BCUT2D eigenvalue weighted by molar-refractivity contribution is 14.0. The molecule has 0 spiro atoms. The average Bonchev–Trinajstić information content (AvgIpc) is 3.28. The van der Waals surface area contributed by atoms with Crippen LogP contribution in [-0.2, 0) is 20.1 Å². The number of nitrogens with one attached hydrogen (secondary N) is 1. The van der Waals surface area contributed by atoms with Crippen LogP contribution >= 0.6 is 24.0 Å². The van der Waals surface area contributed by atoms with Crippen molar-refractivity contribution < 1.29 is 0 Å². The second-order valence-electron chi connectivity index (χ2n) is 5.84. The van der Waals surface area contributed by atoms with Gasteiger partial charge in [0.25, 0.3) is 0 Å². The second-order valence-corrected chi connectivity index (χ2v) is 5.84. The lowest BCUT2D eigenvalue weighted by atomic mass is 10.2. The molecule has 3 aromatic heterocycles. The van der Waals surface area contributed by atoms with Crippen molar-refractivity contribution >= 4 is 29.9 Å². The molecule has 3 rings (SSSR count). The first-order chi connectivity index (χ1) is 12.2. The zero-order chi connectivity index (χ0) is 17.6. The molecule has 0 saturated heterocycles. The molecular formula is C18H24IN7. The minimum Gasteiger partial charge on any atom is -0.353 e. The second kappa shape index (κ2) is 9.37. The molecule has 0 aliphatic carbocycles. The van der Waals surface area contributed by atoms with E-state index in [9.17, 15) is 0 Å². The minimum absolute atomic E-state index is 0. The van der Waals surface area contributed by atoms with Crippen molar-refractivity contribution in [3.8, 4) is 5.82 Å². The summed E-state index contributed by atoms with van der Waals surface area (Å²) in [5.74, 6) is 1.65. The Bertz CT molecular complexity index is 839. The summed E-state index contributed by atoms with van der Waals surface area (Å²) >= 11 is 0. The number of hydrogen-bond acceptors (Lipinski definition) is 3. The number of nitrogens with zero attached hydrogens (tertiary/aromatic N) is 6. The van der Waals surface area contributed by atoms with Crippen LogP contribution in [0.15, 0.2) is 60.1 Å². The SMILES string of the molecule is CN=C(NCc1ccnc(-n2cccn2)c1)N(C)Cc1cccn1C.I. The molecule has 0 aromatic carbocycles. The molecule has 138 valence electrons. The largest absolute Gasteiger partial charge is 0.353 e. The topological polar surface area (TPSA) is 63.3 Å².